The van der Waals surface area contributed by atoms with Crippen molar-refractivity contribution in [2.75, 3.05) is 13.2 Å². The van der Waals surface area contributed by atoms with E-state index in [-0.39, 0.29) is 11.5 Å². The van der Waals surface area contributed by atoms with Gasteiger partial charge in [0.1, 0.15) is 17.6 Å². The molecular formula is C24H31NO4. The number of ether oxygens (including phenoxy) is 3. The number of nitrogens with two attached hydrogens (primary N) is 1. The van der Waals surface area contributed by atoms with Gasteiger partial charge in [0.05, 0.1) is 13.2 Å². The molecule has 1 aliphatic carbocycles. The molecule has 0 bridgehead atoms. The summed E-state index contributed by atoms with van der Waals surface area (Å²) in [5.74, 6) is 2.12. The van der Waals surface area contributed by atoms with Crippen LogP contribution >= 0.6 is 0 Å². The summed E-state index contributed by atoms with van der Waals surface area (Å²) in [5, 5.41) is 0. The lowest BCUT2D eigenvalue weighted by molar-refractivity contribution is 0.0391. The molecule has 1 atom stereocenters. The van der Waals surface area contributed by atoms with E-state index in [0.29, 0.717) is 19.1 Å². The molecule has 2 aromatic carbocycles. The molecule has 0 fully saturated rings. The van der Waals surface area contributed by atoms with E-state index in [1.807, 2.05) is 25.1 Å². The summed E-state index contributed by atoms with van der Waals surface area (Å²) in [6, 6.07) is 12.2. The fourth-order valence-corrected chi connectivity index (χ4v) is 3.88. The van der Waals surface area contributed by atoms with Crippen LogP contribution in [-0.4, -0.2) is 19.3 Å². The summed E-state index contributed by atoms with van der Waals surface area (Å²) >= 11 is 0. The number of primary amides is 1. The van der Waals surface area contributed by atoms with Crippen LogP contribution in [0.5, 0.6) is 11.5 Å². The third kappa shape index (κ3) is 4.66. The van der Waals surface area contributed by atoms with Crippen molar-refractivity contribution in [3.63, 3.8) is 0 Å². The zero-order chi connectivity index (χ0) is 21.2. The van der Waals surface area contributed by atoms with E-state index in [0.717, 1.165) is 40.2 Å². The Balaban J connectivity index is 1.97. The lowest BCUT2D eigenvalue weighted by Gasteiger charge is -2.26. The molecule has 0 spiro atoms. The topological polar surface area (TPSA) is 70.8 Å². The second-order valence-corrected chi connectivity index (χ2v) is 8.69. The molecule has 156 valence electrons. The van der Waals surface area contributed by atoms with Crippen LogP contribution in [-0.2, 0) is 11.2 Å². The summed E-state index contributed by atoms with van der Waals surface area (Å²) in [6.45, 7) is 11.6. The maximum atomic E-state index is 11.4. The minimum Gasteiger partial charge on any atom is -0.493 e. The Hall–Kier alpha value is -2.69. The van der Waals surface area contributed by atoms with E-state index >= 15 is 0 Å². The number of benzene rings is 2. The molecule has 5 nitrogen and oxygen atoms in total. The normalized spacial score (nSPS) is 17.1. The molecule has 3 rings (SSSR count). The second kappa shape index (κ2) is 8.36. The zero-order valence-electron chi connectivity index (χ0n) is 18.0. The molecule has 0 saturated carbocycles. The summed E-state index contributed by atoms with van der Waals surface area (Å²) in [5.41, 5.74) is 9.30. The molecule has 1 aliphatic rings. The van der Waals surface area contributed by atoms with Gasteiger partial charge in [-0.15, -0.1) is 0 Å². The van der Waals surface area contributed by atoms with Crippen molar-refractivity contribution in [3.05, 3.63) is 47.5 Å². The van der Waals surface area contributed by atoms with E-state index in [2.05, 4.69) is 45.9 Å². The number of carbonyl (C=O) groups is 1. The summed E-state index contributed by atoms with van der Waals surface area (Å²) < 4.78 is 17.2. The molecule has 2 aromatic rings. The molecule has 0 radical (unpaired) electrons. The summed E-state index contributed by atoms with van der Waals surface area (Å²) in [4.78, 5) is 11.4. The van der Waals surface area contributed by atoms with Crippen LogP contribution in [0.15, 0.2) is 36.4 Å². The van der Waals surface area contributed by atoms with Crippen LogP contribution in [0.1, 0.15) is 51.8 Å². The Morgan fingerprint density at radius 3 is 2.45 bits per heavy atom. The van der Waals surface area contributed by atoms with Crippen molar-refractivity contribution in [2.45, 2.75) is 47.1 Å². The first-order valence-electron chi connectivity index (χ1n) is 10.2. The first-order valence-corrected chi connectivity index (χ1v) is 10.2. The van der Waals surface area contributed by atoms with Crippen molar-refractivity contribution in [3.8, 4) is 22.6 Å². The van der Waals surface area contributed by atoms with Crippen LogP contribution < -0.4 is 15.2 Å². The fourth-order valence-electron chi connectivity index (χ4n) is 3.88. The number of fused-ring (bicyclic) bond motifs is 1. The third-order valence-corrected chi connectivity index (χ3v) is 5.16. The van der Waals surface area contributed by atoms with E-state index in [9.17, 15) is 4.79 Å². The zero-order valence-corrected chi connectivity index (χ0v) is 18.0. The fraction of sp³-hybridized carbons (Fsp3) is 0.458. The highest BCUT2D eigenvalue weighted by atomic mass is 16.6. The van der Waals surface area contributed by atoms with Gasteiger partial charge in [0.15, 0.2) is 0 Å². The standard InChI is InChI=1S/C24H31NO4/c1-6-27-21-12-20-17(13-24(4,5)22(20)29-23(25)26)11-19(21)16-7-9-18(10-8-16)28-14-15(2)3/h7-12,15,22H,6,13-14H2,1-5H3,(H2,25,26)/t22-/m0/s1. The first kappa shape index (κ1) is 21.0. The molecule has 0 saturated heterocycles. The Kier molecular flexibility index (Phi) is 6.06. The van der Waals surface area contributed by atoms with E-state index in [1.165, 1.54) is 0 Å². The Bertz CT molecular complexity index is 871. The molecule has 0 heterocycles. The predicted molar refractivity (Wildman–Crippen MR) is 114 cm³/mol. The van der Waals surface area contributed by atoms with Crippen LogP contribution in [0.2, 0.25) is 0 Å². The third-order valence-electron chi connectivity index (χ3n) is 5.16. The average Bonchev–Trinajstić information content (AvgIpc) is 2.89. The first-order chi connectivity index (χ1) is 13.7. The van der Waals surface area contributed by atoms with Gasteiger partial charge in [-0.05, 0) is 60.2 Å². The van der Waals surface area contributed by atoms with E-state index < -0.39 is 6.09 Å². The molecule has 2 N–H and O–H groups in total. The van der Waals surface area contributed by atoms with Crippen LogP contribution in [0.4, 0.5) is 4.79 Å². The van der Waals surface area contributed by atoms with Gasteiger partial charge in [-0.3, -0.25) is 0 Å². The quantitative estimate of drug-likeness (QED) is 0.669. The van der Waals surface area contributed by atoms with Crippen molar-refractivity contribution < 1.29 is 19.0 Å². The Morgan fingerprint density at radius 1 is 1.17 bits per heavy atom. The summed E-state index contributed by atoms with van der Waals surface area (Å²) in [6.07, 6.45) is -0.333. The molecule has 0 aromatic heterocycles. The van der Waals surface area contributed by atoms with Crippen molar-refractivity contribution in [1.82, 2.24) is 0 Å². The molecule has 29 heavy (non-hydrogen) atoms. The average molecular weight is 398 g/mol. The highest BCUT2D eigenvalue weighted by Crippen LogP contribution is 2.50. The Morgan fingerprint density at radius 2 is 1.86 bits per heavy atom. The minimum atomic E-state index is -0.755. The molecule has 5 heteroatoms. The summed E-state index contributed by atoms with van der Waals surface area (Å²) in [7, 11) is 0. The van der Waals surface area contributed by atoms with E-state index in [1.54, 1.807) is 0 Å². The number of hydrogen-bond donors (Lipinski definition) is 1. The number of hydrogen-bond acceptors (Lipinski definition) is 4. The minimum absolute atomic E-state index is 0.228. The highest BCUT2D eigenvalue weighted by Gasteiger charge is 2.42. The van der Waals surface area contributed by atoms with Gasteiger partial charge in [0.25, 0.3) is 0 Å². The lowest BCUT2D eigenvalue weighted by Crippen LogP contribution is -2.25. The number of rotatable bonds is 7. The smallest absolute Gasteiger partial charge is 0.405 e. The maximum Gasteiger partial charge on any atom is 0.405 e. The monoisotopic (exact) mass is 397 g/mol. The van der Waals surface area contributed by atoms with Gasteiger partial charge >= 0.3 is 6.09 Å². The Labute approximate surface area is 173 Å². The predicted octanol–water partition coefficient (Wildman–Crippen LogP) is 5.51. The van der Waals surface area contributed by atoms with Gasteiger partial charge in [-0.2, -0.15) is 0 Å². The van der Waals surface area contributed by atoms with Crippen LogP contribution in [0.25, 0.3) is 11.1 Å². The maximum absolute atomic E-state index is 11.4. The van der Waals surface area contributed by atoms with Gasteiger partial charge in [0.2, 0.25) is 0 Å². The van der Waals surface area contributed by atoms with Gasteiger partial charge in [0, 0.05) is 11.0 Å². The molecule has 0 unspecified atom stereocenters. The number of carbonyl (C=O) groups excluding carboxylic acids is 1. The van der Waals surface area contributed by atoms with Crippen molar-refractivity contribution in [1.29, 1.82) is 0 Å². The second-order valence-electron chi connectivity index (χ2n) is 8.69. The van der Waals surface area contributed by atoms with Gasteiger partial charge in [-0.25, -0.2) is 4.79 Å². The van der Waals surface area contributed by atoms with Gasteiger partial charge < -0.3 is 19.9 Å². The SMILES string of the molecule is CCOc1cc2c(cc1-c1ccc(OCC(C)C)cc1)CC(C)(C)[C@H]2OC(N)=O. The molecular weight excluding hydrogens is 366 g/mol. The lowest BCUT2D eigenvalue weighted by atomic mass is 9.87. The highest BCUT2D eigenvalue weighted by molar-refractivity contribution is 5.74. The number of amides is 1. The largest absolute Gasteiger partial charge is 0.493 e. The van der Waals surface area contributed by atoms with Crippen LogP contribution in [0, 0.1) is 11.3 Å². The van der Waals surface area contributed by atoms with Crippen LogP contribution in [0.3, 0.4) is 0 Å². The van der Waals surface area contributed by atoms with Gasteiger partial charge in [-0.1, -0.05) is 39.8 Å². The van der Waals surface area contributed by atoms with Crippen molar-refractivity contribution in [2.24, 2.45) is 17.1 Å². The van der Waals surface area contributed by atoms with Crippen molar-refractivity contribution >= 4 is 6.09 Å². The molecule has 1 amide bonds. The van der Waals surface area contributed by atoms with E-state index in [4.69, 9.17) is 19.9 Å². The molecule has 0 aliphatic heterocycles.